The Bertz CT molecular complexity index is 945. The molecule has 1 aliphatic rings. The Morgan fingerprint density at radius 1 is 1.24 bits per heavy atom. The quantitative estimate of drug-likeness (QED) is 0.794. The summed E-state index contributed by atoms with van der Waals surface area (Å²) in [5.74, 6) is -0.908. The van der Waals surface area contributed by atoms with Crippen molar-refractivity contribution in [3.8, 4) is 11.1 Å². The first-order valence-electron chi connectivity index (χ1n) is 8.13. The van der Waals surface area contributed by atoms with E-state index >= 15 is 0 Å². The van der Waals surface area contributed by atoms with Gasteiger partial charge in [0.15, 0.2) is 0 Å². The smallest absolute Gasteiger partial charge is 0.338 e. The van der Waals surface area contributed by atoms with Crippen molar-refractivity contribution in [2.75, 3.05) is 0 Å². The molecule has 0 saturated carbocycles. The number of halogens is 1. The van der Waals surface area contributed by atoms with Gasteiger partial charge >= 0.3 is 5.97 Å². The van der Waals surface area contributed by atoms with Crippen molar-refractivity contribution in [1.82, 2.24) is 4.57 Å². The van der Waals surface area contributed by atoms with E-state index < -0.39 is 5.97 Å². The second-order valence-electron chi connectivity index (χ2n) is 6.27. The Balaban J connectivity index is 2.34. The molecule has 3 rings (SSSR count). The van der Waals surface area contributed by atoms with Gasteiger partial charge in [-0.15, -0.1) is 0 Å². The molecule has 1 aliphatic carbocycles. The van der Waals surface area contributed by atoms with Crippen LogP contribution in [0.3, 0.4) is 0 Å². The van der Waals surface area contributed by atoms with Crippen LogP contribution in [-0.2, 0) is 7.05 Å². The molecule has 4 heteroatoms. The Morgan fingerprint density at radius 3 is 2.68 bits per heavy atom. The number of nitrogens with zero attached hydrogens (tertiary/aromatic N) is 1. The molecule has 0 unspecified atom stereocenters. The summed E-state index contributed by atoms with van der Waals surface area (Å²) >= 11 is 6.11. The van der Waals surface area contributed by atoms with E-state index in [9.17, 15) is 9.90 Å². The Hall–Kier alpha value is -2.52. The summed E-state index contributed by atoms with van der Waals surface area (Å²) in [6.45, 7) is 3.86. The number of aromatic nitrogens is 1. The molecule has 0 radical (unpaired) electrons. The molecule has 25 heavy (non-hydrogen) atoms. The fraction of sp³-hybridized carbons (Fsp3) is 0.190. The first-order chi connectivity index (χ1) is 11.9. The first-order valence-corrected chi connectivity index (χ1v) is 8.50. The van der Waals surface area contributed by atoms with Crippen molar-refractivity contribution in [2.24, 2.45) is 7.05 Å². The lowest BCUT2D eigenvalue weighted by molar-refractivity contribution is 0.0697. The van der Waals surface area contributed by atoms with Crippen molar-refractivity contribution in [1.29, 1.82) is 0 Å². The lowest BCUT2D eigenvalue weighted by Crippen LogP contribution is -2.00. The van der Waals surface area contributed by atoms with E-state index in [1.165, 1.54) is 0 Å². The molecular weight excluding hydrogens is 334 g/mol. The molecule has 1 aromatic carbocycles. The van der Waals surface area contributed by atoms with E-state index in [4.69, 9.17) is 11.6 Å². The van der Waals surface area contributed by atoms with Crippen LogP contribution in [-0.4, -0.2) is 15.6 Å². The Kier molecular flexibility index (Phi) is 4.69. The molecule has 0 saturated heterocycles. The van der Waals surface area contributed by atoms with Crippen molar-refractivity contribution in [2.45, 2.75) is 20.3 Å². The van der Waals surface area contributed by atoms with Crippen LogP contribution in [0.5, 0.6) is 0 Å². The highest BCUT2D eigenvalue weighted by Crippen LogP contribution is 2.38. The van der Waals surface area contributed by atoms with Gasteiger partial charge in [0, 0.05) is 23.3 Å². The maximum atomic E-state index is 12.0. The van der Waals surface area contributed by atoms with Crippen LogP contribution in [0.25, 0.3) is 16.7 Å². The molecule has 0 bridgehead atoms. The molecule has 1 aromatic heterocycles. The number of allylic oxidation sites excluding steroid dienone is 6. The minimum atomic E-state index is -0.908. The third kappa shape index (κ3) is 3.20. The fourth-order valence-electron chi connectivity index (χ4n) is 3.30. The highest BCUT2D eigenvalue weighted by atomic mass is 35.5. The Morgan fingerprint density at radius 2 is 2.00 bits per heavy atom. The maximum Gasteiger partial charge on any atom is 0.338 e. The normalized spacial score (nSPS) is 14.1. The predicted octanol–water partition coefficient (Wildman–Crippen LogP) is 5.47. The maximum absolute atomic E-state index is 12.0. The monoisotopic (exact) mass is 353 g/mol. The highest BCUT2D eigenvalue weighted by molar-refractivity contribution is 6.31. The van der Waals surface area contributed by atoms with Crippen LogP contribution in [0.4, 0.5) is 0 Å². The van der Waals surface area contributed by atoms with Crippen LogP contribution >= 0.6 is 11.6 Å². The summed E-state index contributed by atoms with van der Waals surface area (Å²) in [5.41, 5.74) is 5.84. The number of benzene rings is 1. The van der Waals surface area contributed by atoms with Gasteiger partial charge < -0.3 is 9.67 Å². The number of carboxylic acids is 1. The third-order valence-corrected chi connectivity index (χ3v) is 4.82. The number of carbonyl (C=O) groups is 1. The standard InChI is InChI=1S/C21H20ClNO2/c1-13-6-4-8-16(12-13)19-18(21(24)25)14(2)23(3)20(19)15-7-5-9-17(22)11-10-15/h4-6,8-12H,7H2,1-3H3,(H,24,25). The van der Waals surface area contributed by atoms with Crippen molar-refractivity contribution in [3.63, 3.8) is 0 Å². The van der Waals surface area contributed by atoms with E-state index in [0.29, 0.717) is 17.0 Å². The van der Waals surface area contributed by atoms with Gasteiger partial charge in [0.25, 0.3) is 0 Å². The topological polar surface area (TPSA) is 42.2 Å². The third-order valence-electron chi connectivity index (χ3n) is 4.57. The molecular formula is C21H20ClNO2. The minimum Gasteiger partial charge on any atom is -0.478 e. The summed E-state index contributed by atoms with van der Waals surface area (Å²) in [6.07, 6.45) is 8.39. The molecule has 0 spiro atoms. The summed E-state index contributed by atoms with van der Waals surface area (Å²) in [7, 11) is 1.91. The van der Waals surface area contributed by atoms with Gasteiger partial charge in [0.1, 0.15) is 0 Å². The number of rotatable bonds is 3. The average molecular weight is 354 g/mol. The second-order valence-corrected chi connectivity index (χ2v) is 6.70. The molecule has 3 nitrogen and oxygen atoms in total. The zero-order valence-electron chi connectivity index (χ0n) is 14.5. The summed E-state index contributed by atoms with van der Waals surface area (Å²) < 4.78 is 1.97. The molecule has 0 fully saturated rings. The first kappa shape index (κ1) is 17.3. The molecule has 1 heterocycles. The van der Waals surface area contributed by atoms with Gasteiger partial charge in [0.05, 0.1) is 11.3 Å². The number of aryl methyl sites for hydroxylation is 1. The lowest BCUT2D eigenvalue weighted by Gasteiger charge is -2.12. The van der Waals surface area contributed by atoms with Crippen molar-refractivity contribution in [3.05, 3.63) is 76.1 Å². The van der Waals surface area contributed by atoms with Gasteiger partial charge in [-0.2, -0.15) is 0 Å². The predicted molar refractivity (Wildman–Crippen MR) is 103 cm³/mol. The largest absolute Gasteiger partial charge is 0.478 e. The van der Waals surface area contributed by atoms with Crippen molar-refractivity contribution >= 4 is 23.1 Å². The molecule has 0 amide bonds. The highest BCUT2D eigenvalue weighted by Gasteiger charge is 2.26. The van der Waals surface area contributed by atoms with Crippen LogP contribution in [0.2, 0.25) is 0 Å². The molecule has 0 atom stereocenters. The minimum absolute atomic E-state index is 0.354. The van der Waals surface area contributed by atoms with Crippen LogP contribution in [0, 0.1) is 13.8 Å². The summed E-state index contributed by atoms with van der Waals surface area (Å²) in [5, 5.41) is 10.5. The van der Waals surface area contributed by atoms with Gasteiger partial charge in [-0.25, -0.2) is 4.79 Å². The van der Waals surface area contributed by atoms with Crippen LogP contribution < -0.4 is 0 Å². The number of hydrogen-bond donors (Lipinski definition) is 1. The van der Waals surface area contributed by atoms with Gasteiger partial charge in [-0.3, -0.25) is 0 Å². The van der Waals surface area contributed by atoms with E-state index in [1.807, 2.05) is 74.0 Å². The van der Waals surface area contributed by atoms with Crippen LogP contribution in [0.15, 0.2) is 53.6 Å². The van der Waals surface area contributed by atoms with Gasteiger partial charge in [-0.05, 0) is 43.6 Å². The van der Waals surface area contributed by atoms with Gasteiger partial charge in [-0.1, -0.05) is 53.6 Å². The zero-order valence-corrected chi connectivity index (χ0v) is 15.3. The van der Waals surface area contributed by atoms with E-state index in [2.05, 4.69) is 0 Å². The lowest BCUT2D eigenvalue weighted by atomic mass is 9.94. The SMILES string of the molecule is Cc1cccc(-c2c(C(=O)O)c(C)n(C)c2C2=CC=C(Cl)C=CC2)c1. The Labute approximate surface area is 152 Å². The summed E-state index contributed by atoms with van der Waals surface area (Å²) in [6, 6.07) is 7.96. The molecule has 2 aromatic rings. The molecule has 128 valence electrons. The van der Waals surface area contributed by atoms with Gasteiger partial charge in [0.2, 0.25) is 0 Å². The number of carboxylic acid groups (broad SMARTS) is 1. The zero-order chi connectivity index (χ0) is 18.1. The summed E-state index contributed by atoms with van der Waals surface area (Å²) in [4.78, 5) is 12.0. The second kappa shape index (κ2) is 6.77. The van der Waals surface area contributed by atoms with E-state index in [0.717, 1.165) is 33.7 Å². The van der Waals surface area contributed by atoms with Crippen molar-refractivity contribution < 1.29 is 9.90 Å². The van der Waals surface area contributed by atoms with E-state index in [1.54, 1.807) is 0 Å². The van der Waals surface area contributed by atoms with E-state index in [-0.39, 0.29) is 0 Å². The fourth-order valence-corrected chi connectivity index (χ4v) is 3.45. The van der Waals surface area contributed by atoms with Crippen LogP contribution in [0.1, 0.15) is 33.7 Å². The number of hydrogen-bond acceptors (Lipinski definition) is 1. The number of aromatic carboxylic acids is 1. The molecule has 1 N–H and O–H groups in total. The average Bonchev–Trinajstić information content (AvgIpc) is 2.70. The molecule has 0 aliphatic heterocycles.